The SMILES string of the molecule is CN[C@@H]1C=CN=C2Sc3c(ncn(CC4CCCO4)c3=O)[C@@H]21. The summed E-state index contributed by atoms with van der Waals surface area (Å²) in [6.07, 6.45) is 7.70. The van der Waals surface area contributed by atoms with Gasteiger partial charge in [-0.2, -0.15) is 0 Å². The summed E-state index contributed by atoms with van der Waals surface area (Å²) in [7, 11) is 1.92. The number of nitrogens with one attached hydrogen (secondary N) is 1. The maximum atomic E-state index is 12.7. The molecule has 0 radical (unpaired) electrons. The Hall–Kier alpha value is -1.44. The number of likely N-dealkylation sites (N-methyl/N-ethyl adjacent to an activating group) is 1. The van der Waals surface area contributed by atoms with E-state index in [9.17, 15) is 4.79 Å². The summed E-state index contributed by atoms with van der Waals surface area (Å²) in [4.78, 5) is 22.5. The highest BCUT2D eigenvalue weighted by Crippen LogP contribution is 2.42. The zero-order chi connectivity index (χ0) is 15.1. The van der Waals surface area contributed by atoms with Crippen LogP contribution in [0.4, 0.5) is 0 Å². The van der Waals surface area contributed by atoms with Crippen molar-refractivity contribution in [2.24, 2.45) is 4.99 Å². The lowest BCUT2D eigenvalue weighted by molar-refractivity contribution is 0.0956. The van der Waals surface area contributed by atoms with Crippen LogP contribution in [0.2, 0.25) is 0 Å². The zero-order valence-corrected chi connectivity index (χ0v) is 13.2. The Morgan fingerprint density at radius 2 is 2.45 bits per heavy atom. The number of nitrogens with zero attached hydrogens (tertiary/aromatic N) is 3. The molecule has 3 aliphatic heterocycles. The fraction of sp³-hybridized carbons (Fsp3) is 0.533. The molecule has 0 amide bonds. The zero-order valence-electron chi connectivity index (χ0n) is 12.4. The van der Waals surface area contributed by atoms with Crippen LogP contribution in [-0.2, 0) is 11.3 Å². The third kappa shape index (κ3) is 2.24. The summed E-state index contributed by atoms with van der Waals surface area (Å²) in [5, 5.41) is 4.21. The molecule has 0 bridgehead atoms. The number of aromatic nitrogens is 2. The molecule has 1 fully saturated rings. The molecule has 3 aliphatic rings. The maximum absolute atomic E-state index is 12.7. The maximum Gasteiger partial charge on any atom is 0.267 e. The highest BCUT2D eigenvalue weighted by Gasteiger charge is 2.39. The summed E-state index contributed by atoms with van der Waals surface area (Å²) >= 11 is 1.46. The van der Waals surface area contributed by atoms with Crippen molar-refractivity contribution in [1.82, 2.24) is 14.9 Å². The van der Waals surface area contributed by atoms with Gasteiger partial charge in [0.25, 0.3) is 5.56 Å². The van der Waals surface area contributed by atoms with Crippen LogP contribution in [0.1, 0.15) is 24.5 Å². The molecule has 0 aromatic carbocycles. The van der Waals surface area contributed by atoms with Crippen molar-refractivity contribution < 1.29 is 4.74 Å². The second-order valence-electron chi connectivity index (χ2n) is 5.75. The molecule has 0 spiro atoms. The predicted octanol–water partition coefficient (Wildman–Crippen LogP) is 1.13. The summed E-state index contributed by atoms with van der Waals surface area (Å²) < 4.78 is 7.30. The third-order valence-corrected chi connectivity index (χ3v) is 5.56. The van der Waals surface area contributed by atoms with Gasteiger partial charge in [0.1, 0.15) is 4.90 Å². The summed E-state index contributed by atoms with van der Waals surface area (Å²) in [6.45, 7) is 1.38. The highest BCUT2D eigenvalue weighted by molar-refractivity contribution is 8.14. The van der Waals surface area contributed by atoms with Gasteiger partial charge >= 0.3 is 0 Å². The molecule has 22 heavy (non-hydrogen) atoms. The molecule has 6 nitrogen and oxygen atoms in total. The van der Waals surface area contributed by atoms with Crippen molar-refractivity contribution in [2.75, 3.05) is 13.7 Å². The van der Waals surface area contributed by atoms with E-state index in [4.69, 9.17) is 4.74 Å². The standard InChI is InChI=1S/C15H18N4O2S/c1-16-10-4-5-17-14-11(10)12-13(22-14)15(20)19(8-18-12)7-9-3-2-6-21-9/h4-5,8-11,16H,2-3,6-7H2,1H3/t9?,10-,11+/m1/s1. The van der Waals surface area contributed by atoms with Gasteiger partial charge in [-0.3, -0.25) is 14.4 Å². The van der Waals surface area contributed by atoms with Crippen LogP contribution >= 0.6 is 11.8 Å². The molecule has 7 heteroatoms. The van der Waals surface area contributed by atoms with Gasteiger partial charge in [0.15, 0.2) is 0 Å². The molecule has 4 rings (SSSR count). The molecule has 1 saturated heterocycles. The Bertz CT molecular complexity index is 706. The van der Waals surface area contributed by atoms with Crippen LogP contribution < -0.4 is 10.9 Å². The van der Waals surface area contributed by atoms with E-state index in [0.717, 1.165) is 30.2 Å². The van der Waals surface area contributed by atoms with Crippen molar-refractivity contribution in [2.45, 2.75) is 42.3 Å². The number of fused-ring (bicyclic) bond motifs is 3. The lowest BCUT2D eigenvalue weighted by Gasteiger charge is -2.22. The lowest BCUT2D eigenvalue weighted by Crippen LogP contribution is -2.35. The minimum Gasteiger partial charge on any atom is -0.376 e. The van der Waals surface area contributed by atoms with Crippen molar-refractivity contribution in [3.05, 3.63) is 34.7 Å². The molecule has 0 aliphatic carbocycles. The first-order valence-electron chi connectivity index (χ1n) is 7.58. The second kappa shape index (κ2) is 5.64. The Kier molecular flexibility index (Phi) is 3.63. The average molecular weight is 318 g/mol. The molecule has 4 heterocycles. The predicted molar refractivity (Wildman–Crippen MR) is 85.5 cm³/mol. The molecule has 0 saturated carbocycles. The van der Waals surface area contributed by atoms with Gasteiger partial charge in [-0.05, 0) is 26.0 Å². The Labute approximate surface area is 132 Å². The van der Waals surface area contributed by atoms with Crippen molar-refractivity contribution in [3.63, 3.8) is 0 Å². The molecule has 116 valence electrons. The van der Waals surface area contributed by atoms with Crippen LogP contribution in [0, 0.1) is 0 Å². The van der Waals surface area contributed by atoms with Gasteiger partial charge in [0, 0.05) is 18.8 Å². The van der Waals surface area contributed by atoms with E-state index in [0.29, 0.717) is 11.4 Å². The van der Waals surface area contributed by atoms with Crippen LogP contribution in [0.5, 0.6) is 0 Å². The van der Waals surface area contributed by atoms with E-state index in [1.165, 1.54) is 11.8 Å². The van der Waals surface area contributed by atoms with E-state index in [1.807, 2.05) is 13.1 Å². The normalized spacial score (nSPS) is 29.3. The highest BCUT2D eigenvalue weighted by atomic mass is 32.2. The van der Waals surface area contributed by atoms with E-state index in [2.05, 4.69) is 15.3 Å². The topological polar surface area (TPSA) is 68.5 Å². The average Bonchev–Trinajstić information content (AvgIpc) is 3.17. The molecule has 3 atom stereocenters. The van der Waals surface area contributed by atoms with Gasteiger partial charge in [0.2, 0.25) is 0 Å². The van der Waals surface area contributed by atoms with E-state index >= 15 is 0 Å². The van der Waals surface area contributed by atoms with Gasteiger partial charge < -0.3 is 10.1 Å². The van der Waals surface area contributed by atoms with Crippen molar-refractivity contribution in [3.8, 4) is 0 Å². The summed E-state index contributed by atoms with van der Waals surface area (Å²) in [5.41, 5.74) is 0.874. The first-order chi connectivity index (χ1) is 10.8. The number of rotatable bonds is 3. The van der Waals surface area contributed by atoms with Crippen LogP contribution in [0.3, 0.4) is 0 Å². The Balaban J connectivity index is 1.68. The van der Waals surface area contributed by atoms with Crippen LogP contribution in [0.15, 0.2) is 33.3 Å². The van der Waals surface area contributed by atoms with Gasteiger partial charge in [-0.1, -0.05) is 11.8 Å². The molecule has 1 N–H and O–H groups in total. The number of hydrogen-bond donors (Lipinski definition) is 1. The van der Waals surface area contributed by atoms with Gasteiger partial charge in [-0.15, -0.1) is 0 Å². The van der Waals surface area contributed by atoms with E-state index in [1.54, 1.807) is 17.1 Å². The smallest absolute Gasteiger partial charge is 0.267 e. The molecule has 1 aromatic rings. The molecule has 1 unspecified atom stereocenters. The number of ether oxygens (including phenoxy) is 1. The van der Waals surface area contributed by atoms with Crippen molar-refractivity contribution >= 4 is 16.8 Å². The Morgan fingerprint density at radius 1 is 1.55 bits per heavy atom. The van der Waals surface area contributed by atoms with Crippen LogP contribution in [0.25, 0.3) is 0 Å². The first kappa shape index (κ1) is 14.2. The lowest BCUT2D eigenvalue weighted by atomic mass is 9.95. The quantitative estimate of drug-likeness (QED) is 0.905. The number of thioether (sulfide) groups is 1. The van der Waals surface area contributed by atoms with E-state index in [-0.39, 0.29) is 23.6 Å². The Morgan fingerprint density at radius 3 is 3.23 bits per heavy atom. The number of aliphatic imine (C=N–C) groups is 1. The molecular formula is C15H18N4O2S. The minimum absolute atomic E-state index is 0.0254. The fourth-order valence-corrected chi connectivity index (χ4v) is 4.43. The minimum atomic E-state index is 0.0254. The third-order valence-electron chi connectivity index (χ3n) is 4.40. The number of hydrogen-bond acceptors (Lipinski definition) is 6. The largest absolute Gasteiger partial charge is 0.376 e. The molecule has 1 aromatic heterocycles. The van der Waals surface area contributed by atoms with E-state index < -0.39 is 0 Å². The van der Waals surface area contributed by atoms with Crippen LogP contribution in [-0.4, -0.2) is 40.4 Å². The summed E-state index contributed by atoms with van der Waals surface area (Å²) in [6, 6.07) is 0.141. The monoisotopic (exact) mass is 318 g/mol. The molecular weight excluding hydrogens is 300 g/mol. The fourth-order valence-electron chi connectivity index (χ4n) is 3.24. The second-order valence-corrected chi connectivity index (χ2v) is 6.79. The van der Waals surface area contributed by atoms with Gasteiger partial charge in [0.05, 0.1) is 35.6 Å². The summed E-state index contributed by atoms with van der Waals surface area (Å²) in [5.74, 6) is 0.0556. The van der Waals surface area contributed by atoms with Gasteiger partial charge in [-0.25, -0.2) is 4.98 Å². The first-order valence-corrected chi connectivity index (χ1v) is 8.40. The van der Waals surface area contributed by atoms with Crippen molar-refractivity contribution in [1.29, 1.82) is 0 Å².